The Balaban J connectivity index is 1.89. The Labute approximate surface area is 171 Å². The van der Waals surface area contributed by atoms with Crippen molar-refractivity contribution >= 4 is 17.8 Å². The minimum atomic E-state index is -0.533. The molecule has 0 radical (unpaired) electrons. The zero-order valence-corrected chi connectivity index (χ0v) is 17.2. The van der Waals surface area contributed by atoms with E-state index in [1.807, 2.05) is 45.0 Å². The Morgan fingerprint density at radius 1 is 1.38 bits per heavy atom. The van der Waals surface area contributed by atoms with E-state index in [2.05, 4.69) is 17.2 Å². The Bertz CT molecular complexity index is 875. The van der Waals surface area contributed by atoms with Gasteiger partial charge in [0, 0.05) is 13.1 Å². The van der Waals surface area contributed by atoms with Gasteiger partial charge in [0.05, 0.1) is 23.9 Å². The number of nitrogens with one attached hydrogen (secondary N) is 2. The monoisotopic (exact) mass is 396 g/mol. The van der Waals surface area contributed by atoms with Crippen molar-refractivity contribution in [2.45, 2.75) is 26.8 Å². The Kier molecular flexibility index (Phi) is 6.06. The second-order valence-electron chi connectivity index (χ2n) is 7.92. The molecule has 7 nitrogen and oxygen atoms in total. The lowest BCUT2D eigenvalue weighted by molar-refractivity contribution is -0.132. The lowest BCUT2D eigenvalue weighted by Gasteiger charge is -2.33. The predicted molar refractivity (Wildman–Crippen MR) is 111 cm³/mol. The van der Waals surface area contributed by atoms with Gasteiger partial charge in [-0.2, -0.15) is 0 Å². The van der Waals surface area contributed by atoms with E-state index in [4.69, 9.17) is 0 Å². The lowest BCUT2D eigenvalue weighted by Crippen LogP contribution is -2.47. The minimum Gasteiger partial charge on any atom is -0.354 e. The molecule has 7 heteroatoms. The number of carbonyl (C=O) groups excluding carboxylic acids is 3. The maximum atomic E-state index is 13.2. The number of hydrogen-bond acceptors (Lipinski definition) is 3. The highest BCUT2D eigenvalue weighted by Gasteiger charge is 2.44. The molecule has 0 aliphatic carbocycles. The largest absolute Gasteiger partial charge is 0.354 e. The van der Waals surface area contributed by atoms with Gasteiger partial charge in [-0.1, -0.05) is 49.8 Å². The smallest absolute Gasteiger partial charge is 0.322 e. The highest BCUT2D eigenvalue weighted by Crippen LogP contribution is 2.36. The second kappa shape index (κ2) is 8.51. The molecule has 0 saturated carbocycles. The molecule has 4 amide bonds. The maximum Gasteiger partial charge on any atom is 0.322 e. The van der Waals surface area contributed by atoms with E-state index in [1.54, 1.807) is 6.08 Å². The van der Waals surface area contributed by atoms with Gasteiger partial charge >= 0.3 is 6.03 Å². The number of amides is 4. The molecule has 2 aliphatic heterocycles. The van der Waals surface area contributed by atoms with Crippen LogP contribution < -0.4 is 10.6 Å². The van der Waals surface area contributed by atoms with Crippen LogP contribution in [-0.2, 0) is 9.59 Å². The van der Waals surface area contributed by atoms with Crippen molar-refractivity contribution in [1.29, 1.82) is 0 Å². The number of hydrogen-bond donors (Lipinski definition) is 2. The predicted octanol–water partition coefficient (Wildman–Crippen LogP) is 2.12. The van der Waals surface area contributed by atoms with Crippen LogP contribution in [0.3, 0.4) is 0 Å². The molecular formula is C22H28N4O3. The summed E-state index contributed by atoms with van der Waals surface area (Å²) in [6, 6.07) is 6.93. The number of rotatable bonds is 7. The van der Waals surface area contributed by atoms with Crippen molar-refractivity contribution in [2.24, 2.45) is 5.92 Å². The van der Waals surface area contributed by atoms with Gasteiger partial charge in [0.2, 0.25) is 5.91 Å². The molecule has 1 aromatic carbocycles. The number of urea groups is 1. The van der Waals surface area contributed by atoms with E-state index in [-0.39, 0.29) is 30.9 Å². The lowest BCUT2D eigenvalue weighted by atomic mass is 9.94. The average molecular weight is 396 g/mol. The topological polar surface area (TPSA) is 81.8 Å². The van der Waals surface area contributed by atoms with E-state index in [0.29, 0.717) is 30.3 Å². The summed E-state index contributed by atoms with van der Waals surface area (Å²) in [6.07, 6.45) is 1.62. The quantitative estimate of drug-likeness (QED) is 0.693. The van der Waals surface area contributed by atoms with Crippen LogP contribution in [0.2, 0.25) is 0 Å². The van der Waals surface area contributed by atoms with Crippen LogP contribution in [0.4, 0.5) is 4.79 Å². The number of carbonyl (C=O) groups is 3. The van der Waals surface area contributed by atoms with Gasteiger partial charge in [-0.25, -0.2) is 4.79 Å². The average Bonchev–Trinajstić information content (AvgIpc) is 2.98. The van der Waals surface area contributed by atoms with Crippen molar-refractivity contribution in [1.82, 2.24) is 20.4 Å². The minimum absolute atomic E-state index is 0.0325. The summed E-state index contributed by atoms with van der Waals surface area (Å²) < 4.78 is 0. The number of aryl methyl sites for hydroxylation is 1. The van der Waals surface area contributed by atoms with Gasteiger partial charge in [0.1, 0.15) is 6.54 Å². The highest BCUT2D eigenvalue weighted by molar-refractivity contribution is 6.03. The van der Waals surface area contributed by atoms with Gasteiger partial charge in [0.15, 0.2) is 0 Å². The molecule has 0 aromatic heterocycles. The first-order chi connectivity index (χ1) is 13.8. The molecule has 0 unspecified atom stereocenters. The van der Waals surface area contributed by atoms with Crippen LogP contribution in [0, 0.1) is 12.8 Å². The molecule has 2 heterocycles. The highest BCUT2D eigenvalue weighted by atomic mass is 16.2. The molecular weight excluding hydrogens is 368 g/mol. The molecule has 1 aromatic rings. The molecule has 2 aliphatic rings. The molecule has 3 rings (SSSR count). The van der Waals surface area contributed by atoms with E-state index >= 15 is 0 Å². The summed E-state index contributed by atoms with van der Waals surface area (Å²) in [5, 5.41) is 5.79. The number of nitrogens with zero attached hydrogens (tertiary/aromatic N) is 2. The third-order valence-corrected chi connectivity index (χ3v) is 5.03. The SMILES string of the molecule is C=CCN1C(=O)N[C@@H](c2cccc(C)c2)C2=C1CN(CC(=O)NCC(C)C)C2=O. The van der Waals surface area contributed by atoms with Crippen molar-refractivity contribution in [3.8, 4) is 0 Å². The van der Waals surface area contributed by atoms with Crippen LogP contribution in [-0.4, -0.2) is 53.8 Å². The molecule has 0 spiro atoms. The molecule has 0 fully saturated rings. The molecule has 154 valence electrons. The maximum absolute atomic E-state index is 13.2. The second-order valence-corrected chi connectivity index (χ2v) is 7.92. The standard InChI is InChI=1S/C22H28N4O3/c1-5-9-26-17-12-25(13-18(27)23-11-14(2)3)21(28)19(17)20(24-22(26)29)16-8-6-7-15(4)10-16/h5-8,10,14,20H,1,9,11-13H2,2-4H3,(H,23,27)(H,24,29)/t20-/m0/s1. The van der Waals surface area contributed by atoms with Crippen molar-refractivity contribution in [2.75, 3.05) is 26.2 Å². The van der Waals surface area contributed by atoms with Crippen molar-refractivity contribution < 1.29 is 14.4 Å². The van der Waals surface area contributed by atoms with Gasteiger partial charge in [0.25, 0.3) is 5.91 Å². The summed E-state index contributed by atoms with van der Waals surface area (Å²) in [4.78, 5) is 41.3. The third kappa shape index (κ3) is 4.34. The van der Waals surface area contributed by atoms with Crippen LogP contribution in [0.1, 0.15) is 31.0 Å². The summed E-state index contributed by atoms with van der Waals surface area (Å²) >= 11 is 0. The summed E-state index contributed by atoms with van der Waals surface area (Å²) in [5.74, 6) is -0.0935. The zero-order chi connectivity index (χ0) is 21.1. The van der Waals surface area contributed by atoms with Gasteiger partial charge in [-0.15, -0.1) is 6.58 Å². The normalized spacial score (nSPS) is 18.8. The Hall–Kier alpha value is -3.09. The summed E-state index contributed by atoms with van der Waals surface area (Å²) in [5.41, 5.74) is 3.06. The molecule has 0 bridgehead atoms. The van der Waals surface area contributed by atoms with Gasteiger partial charge in [-0.3, -0.25) is 14.5 Å². The van der Waals surface area contributed by atoms with Gasteiger partial charge in [-0.05, 0) is 18.4 Å². The fourth-order valence-electron chi connectivity index (χ4n) is 3.65. The molecule has 0 saturated heterocycles. The summed E-state index contributed by atoms with van der Waals surface area (Å²) in [7, 11) is 0. The first-order valence-electron chi connectivity index (χ1n) is 9.86. The fourth-order valence-corrected chi connectivity index (χ4v) is 3.65. The van der Waals surface area contributed by atoms with E-state index in [1.165, 1.54) is 9.80 Å². The third-order valence-electron chi connectivity index (χ3n) is 5.03. The Morgan fingerprint density at radius 3 is 2.79 bits per heavy atom. The van der Waals surface area contributed by atoms with E-state index in [9.17, 15) is 14.4 Å². The first-order valence-corrected chi connectivity index (χ1v) is 9.86. The van der Waals surface area contributed by atoms with Crippen LogP contribution in [0.5, 0.6) is 0 Å². The first kappa shape index (κ1) is 20.6. The van der Waals surface area contributed by atoms with Crippen molar-refractivity contribution in [3.05, 3.63) is 59.3 Å². The molecule has 29 heavy (non-hydrogen) atoms. The van der Waals surface area contributed by atoms with Crippen LogP contribution in [0.15, 0.2) is 48.2 Å². The number of benzene rings is 1. The van der Waals surface area contributed by atoms with Gasteiger partial charge < -0.3 is 15.5 Å². The van der Waals surface area contributed by atoms with Crippen molar-refractivity contribution in [3.63, 3.8) is 0 Å². The van der Waals surface area contributed by atoms with Crippen LogP contribution in [0.25, 0.3) is 0 Å². The molecule has 1 atom stereocenters. The summed E-state index contributed by atoms with van der Waals surface area (Å²) in [6.45, 7) is 10.8. The zero-order valence-electron chi connectivity index (χ0n) is 17.2. The van der Waals surface area contributed by atoms with Crippen LogP contribution >= 0.6 is 0 Å². The van der Waals surface area contributed by atoms with E-state index in [0.717, 1.165) is 11.1 Å². The Morgan fingerprint density at radius 2 is 2.14 bits per heavy atom. The van der Waals surface area contributed by atoms with E-state index < -0.39 is 6.04 Å². The fraction of sp³-hybridized carbons (Fsp3) is 0.409. The molecule has 2 N–H and O–H groups in total.